The van der Waals surface area contributed by atoms with Gasteiger partial charge in [0.1, 0.15) is 0 Å². The Hall–Kier alpha value is -2.34. The predicted octanol–water partition coefficient (Wildman–Crippen LogP) is 2.15. The molecule has 2 aromatic heterocycles. The minimum atomic E-state index is 0.298. The van der Waals surface area contributed by atoms with Crippen LogP contribution in [0.25, 0.3) is 22.4 Å². The molecule has 3 aromatic rings. The van der Waals surface area contributed by atoms with Crippen molar-refractivity contribution in [1.82, 2.24) is 25.4 Å². The fourth-order valence-corrected chi connectivity index (χ4v) is 2.80. The van der Waals surface area contributed by atoms with E-state index in [4.69, 9.17) is 4.52 Å². The second kappa shape index (κ2) is 4.89. The highest BCUT2D eigenvalue weighted by Crippen LogP contribution is 2.28. The lowest BCUT2D eigenvalue weighted by molar-refractivity contribution is 0.345. The molecule has 1 aliphatic heterocycles. The smallest absolute Gasteiger partial charge is 0.231 e. The average Bonchev–Trinajstić information content (AvgIpc) is 3.15. The van der Waals surface area contributed by atoms with E-state index in [1.54, 1.807) is 12.4 Å². The van der Waals surface area contributed by atoms with Gasteiger partial charge in [0.2, 0.25) is 11.7 Å². The van der Waals surface area contributed by atoms with Gasteiger partial charge in [-0.15, -0.1) is 0 Å². The van der Waals surface area contributed by atoms with Crippen LogP contribution in [0.5, 0.6) is 0 Å². The van der Waals surface area contributed by atoms with Crippen molar-refractivity contribution in [2.75, 3.05) is 6.54 Å². The van der Waals surface area contributed by atoms with Gasteiger partial charge in [-0.3, -0.25) is 9.97 Å². The van der Waals surface area contributed by atoms with E-state index < -0.39 is 0 Å². The number of fused-ring (bicyclic) bond motifs is 1. The summed E-state index contributed by atoms with van der Waals surface area (Å²) in [6, 6.07) is 6.18. The molecule has 1 saturated heterocycles. The van der Waals surface area contributed by atoms with Gasteiger partial charge >= 0.3 is 0 Å². The topological polar surface area (TPSA) is 76.7 Å². The van der Waals surface area contributed by atoms with Crippen LogP contribution >= 0.6 is 0 Å². The first-order chi connectivity index (χ1) is 10.3. The lowest BCUT2D eigenvalue weighted by Crippen LogP contribution is -2.21. The standard InChI is InChI=1S/C15H15N5O/c1-9-11(4-5-16-9)15-19-14(20-21-15)10-2-3-12-13(8-10)18-7-6-17-12/h2-3,6-9,11,16H,4-5H2,1H3. The molecule has 0 aliphatic carbocycles. The molecule has 6 heteroatoms. The maximum Gasteiger partial charge on any atom is 0.231 e. The van der Waals surface area contributed by atoms with Crippen LogP contribution in [0.2, 0.25) is 0 Å². The molecule has 0 amide bonds. The van der Waals surface area contributed by atoms with E-state index in [1.165, 1.54) is 0 Å². The predicted molar refractivity (Wildman–Crippen MR) is 77.7 cm³/mol. The molecule has 4 rings (SSSR count). The molecule has 1 aromatic carbocycles. The molecule has 1 N–H and O–H groups in total. The van der Waals surface area contributed by atoms with Crippen LogP contribution in [0.3, 0.4) is 0 Å². The second-order valence-electron chi connectivity index (χ2n) is 5.35. The Labute approximate surface area is 121 Å². The Morgan fingerprint density at radius 2 is 2.05 bits per heavy atom. The monoisotopic (exact) mass is 281 g/mol. The van der Waals surface area contributed by atoms with Crippen LogP contribution in [0.1, 0.15) is 25.2 Å². The molecule has 6 nitrogen and oxygen atoms in total. The molecule has 0 radical (unpaired) electrons. The average molecular weight is 281 g/mol. The molecular weight excluding hydrogens is 266 g/mol. The van der Waals surface area contributed by atoms with E-state index in [2.05, 4.69) is 32.3 Å². The number of aromatic nitrogens is 4. The zero-order chi connectivity index (χ0) is 14.2. The summed E-state index contributed by atoms with van der Waals surface area (Å²) in [7, 11) is 0. The Balaban J connectivity index is 1.70. The number of nitrogens with zero attached hydrogens (tertiary/aromatic N) is 4. The van der Waals surface area contributed by atoms with Crippen LogP contribution in [0.15, 0.2) is 35.1 Å². The van der Waals surface area contributed by atoms with E-state index in [0.717, 1.165) is 29.6 Å². The molecule has 1 aliphatic rings. The third-order valence-electron chi connectivity index (χ3n) is 4.01. The fraction of sp³-hybridized carbons (Fsp3) is 0.333. The molecule has 2 atom stereocenters. The van der Waals surface area contributed by atoms with Gasteiger partial charge in [0.25, 0.3) is 0 Å². The first kappa shape index (κ1) is 12.4. The lowest BCUT2D eigenvalue weighted by atomic mass is 10.0. The van der Waals surface area contributed by atoms with Crippen LogP contribution in [-0.4, -0.2) is 32.7 Å². The highest BCUT2D eigenvalue weighted by molar-refractivity contribution is 5.79. The number of nitrogens with one attached hydrogen (secondary N) is 1. The number of rotatable bonds is 2. The summed E-state index contributed by atoms with van der Waals surface area (Å²) in [6.07, 6.45) is 4.40. The summed E-state index contributed by atoms with van der Waals surface area (Å²) >= 11 is 0. The Morgan fingerprint density at radius 3 is 2.86 bits per heavy atom. The maximum absolute atomic E-state index is 5.45. The third-order valence-corrected chi connectivity index (χ3v) is 4.01. The third kappa shape index (κ3) is 2.17. The van der Waals surface area contributed by atoms with Crippen molar-refractivity contribution in [2.24, 2.45) is 0 Å². The van der Waals surface area contributed by atoms with Crippen molar-refractivity contribution in [3.8, 4) is 11.4 Å². The summed E-state index contributed by atoms with van der Waals surface area (Å²) in [5, 5.41) is 7.51. The zero-order valence-corrected chi connectivity index (χ0v) is 11.7. The van der Waals surface area contributed by atoms with Gasteiger partial charge in [-0.1, -0.05) is 5.16 Å². The van der Waals surface area contributed by atoms with E-state index in [-0.39, 0.29) is 0 Å². The number of hydrogen-bond donors (Lipinski definition) is 1. The molecule has 2 unspecified atom stereocenters. The molecule has 0 spiro atoms. The quantitative estimate of drug-likeness (QED) is 0.775. The fourth-order valence-electron chi connectivity index (χ4n) is 2.80. The molecule has 1 fully saturated rings. The summed E-state index contributed by atoms with van der Waals surface area (Å²) in [4.78, 5) is 13.1. The van der Waals surface area contributed by atoms with Crippen molar-refractivity contribution < 1.29 is 4.52 Å². The van der Waals surface area contributed by atoms with Crippen molar-refractivity contribution in [3.63, 3.8) is 0 Å². The van der Waals surface area contributed by atoms with Crippen molar-refractivity contribution in [1.29, 1.82) is 0 Å². The summed E-state index contributed by atoms with van der Waals surface area (Å²) in [6.45, 7) is 3.14. The molecular formula is C15H15N5O. The molecule has 3 heterocycles. The van der Waals surface area contributed by atoms with E-state index in [9.17, 15) is 0 Å². The van der Waals surface area contributed by atoms with Crippen LogP contribution in [-0.2, 0) is 0 Å². The second-order valence-corrected chi connectivity index (χ2v) is 5.35. The number of benzene rings is 1. The van der Waals surface area contributed by atoms with Gasteiger partial charge < -0.3 is 9.84 Å². The van der Waals surface area contributed by atoms with E-state index in [1.807, 2.05) is 18.2 Å². The molecule has 0 bridgehead atoms. The van der Waals surface area contributed by atoms with Crippen LogP contribution < -0.4 is 5.32 Å². The highest BCUT2D eigenvalue weighted by atomic mass is 16.5. The van der Waals surface area contributed by atoms with Gasteiger partial charge in [0.05, 0.1) is 17.0 Å². The minimum absolute atomic E-state index is 0.298. The summed E-state index contributed by atoms with van der Waals surface area (Å²) < 4.78 is 5.45. The van der Waals surface area contributed by atoms with Crippen molar-refractivity contribution >= 4 is 11.0 Å². The van der Waals surface area contributed by atoms with Gasteiger partial charge in [0, 0.05) is 24.0 Å². The Bertz CT molecular complexity index is 784. The molecule has 21 heavy (non-hydrogen) atoms. The van der Waals surface area contributed by atoms with Crippen LogP contribution in [0, 0.1) is 0 Å². The van der Waals surface area contributed by atoms with Crippen molar-refractivity contribution in [3.05, 3.63) is 36.5 Å². The highest BCUT2D eigenvalue weighted by Gasteiger charge is 2.29. The normalized spacial score (nSPS) is 22.0. The largest absolute Gasteiger partial charge is 0.339 e. The van der Waals surface area contributed by atoms with Crippen molar-refractivity contribution in [2.45, 2.75) is 25.3 Å². The maximum atomic E-state index is 5.45. The number of hydrogen-bond acceptors (Lipinski definition) is 6. The van der Waals surface area contributed by atoms with Gasteiger partial charge in [-0.2, -0.15) is 4.98 Å². The Morgan fingerprint density at radius 1 is 1.19 bits per heavy atom. The Kier molecular flexibility index (Phi) is 2.89. The first-order valence-corrected chi connectivity index (χ1v) is 7.09. The summed E-state index contributed by atoms with van der Waals surface area (Å²) in [5.41, 5.74) is 2.59. The first-order valence-electron chi connectivity index (χ1n) is 7.09. The minimum Gasteiger partial charge on any atom is -0.339 e. The SMILES string of the molecule is CC1NCCC1c1nc(-c2ccc3nccnc3c2)no1. The zero-order valence-electron chi connectivity index (χ0n) is 11.7. The van der Waals surface area contributed by atoms with Gasteiger partial charge in [-0.05, 0) is 38.1 Å². The molecule has 106 valence electrons. The molecule has 0 saturated carbocycles. The summed E-state index contributed by atoms with van der Waals surface area (Å²) in [5.74, 6) is 1.62. The van der Waals surface area contributed by atoms with Crippen LogP contribution in [0.4, 0.5) is 0 Å². The van der Waals surface area contributed by atoms with E-state index >= 15 is 0 Å². The van der Waals surface area contributed by atoms with Gasteiger partial charge in [-0.25, -0.2) is 0 Å². The van der Waals surface area contributed by atoms with Gasteiger partial charge in [0.15, 0.2) is 0 Å². The lowest BCUT2D eigenvalue weighted by Gasteiger charge is -2.08. The van der Waals surface area contributed by atoms with E-state index in [0.29, 0.717) is 23.7 Å².